The molecule has 8 heteroatoms. The lowest BCUT2D eigenvalue weighted by Gasteiger charge is -2.12. The number of nitro benzene ring substituents is 1. The maximum Gasteiger partial charge on any atom is 0.271 e. The van der Waals surface area contributed by atoms with Crippen LogP contribution in [0.1, 0.15) is 6.92 Å². The van der Waals surface area contributed by atoms with Gasteiger partial charge in [0.2, 0.25) is 0 Å². The van der Waals surface area contributed by atoms with Crippen LogP contribution < -0.4 is 9.47 Å². The Morgan fingerprint density at radius 1 is 1.33 bits per heavy atom. The third-order valence-electron chi connectivity index (χ3n) is 3.46. The Morgan fingerprint density at radius 2 is 2.12 bits per heavy atom. The van der Waals surface area contributed by atoms with Crippen molar-refractivity contribution in [2.45, 2.75) is 6.92 Å². The van der Waals surface area contributed by atoms with Crippen molar-refractivity contribution in [2.75, 3.05) is 13.7 Å². The predicted octanol–water partition coefficient (Wildman–Crippen LogP) is 4.20. The topological polar surface area (TPSA) is 90.3 Å². The summed E-state index contributed by atoms with van der Waals surface area (Å²) in [6.07, 6.45) is 0. The minimum absolute atomic E-state index is 0.000434. The van der Waals surface area contributed by atoms with Crippen LogP contribution in [0.2, 0.25) is 5.02 Å². The first-order chi connectivity index (χ1) is 11.5. The third kappa shape index (κ3) is 2.85. The van der Waals surface area contributed by atoms with Gasteiger partial charge in [0, 0.05) is 17.7 Å². The van der Waals surface area contributed by atoms with Crippen LogP contribution >= 0.6 is 11.6 Å². The van der Waals surface area contributed by atoms with E-state index in [1.807, 2.05) is 6.92 Å². The average Bonchev–Trinajstić information content (AvgIpc) is 2.98. The van der Waals surface area contributed by atoms with Crippen molar-refractivity contribution >= 4 is 28.3 Å². The van der Waals surface area contributed by atoms with Crippen LogP contribution in [-0.4, -0.2) is 28.6 Å². The SMILES string of the molecule is CCOc1cc(-c2nc3ccc([N+](=O)[O-])cc3[nH]2)cc(Cl)c1OC. The van der Waals surface area contributed by atoms with Crippen LogP contribution in [0.25, 0.3) is 22.4 Å². The van der Waals surface area contributed by atoms with Gasteiger partial charge in [-0.1, -0.05) is 11.6 Å². The van der Waals surface area contributed by atoms with Crippen LogP contribution in [0.3, 0.4) is 0 Å². The van der Waals surface area contributed by atoms with Gasteiger partial charge in [-0.2, -0.15) is 0 Å². The van der Waals surface area contributed by atoms with E-state index in [-0.39, 0.29) is 5.69 Å². The third-order valence-corrected chi connectivity index (χ3v) is 3.74. The van der Waals surface area contributed by atoms with Crippen molar-refractivity contribution < 1.29 is 14.4 Å². The molecule has 0 bridgehead atoms. The molecule has 0 unspecified atom stereocenters. The van der Waals surface area contributed by atoms with Gasteiger partial charge in [0.1, 0.15) is 5.82 Å². The second-order valence-corrected chi connectivity index (χ2v) is 5.37. The number of ether oxygens (including phenoxy) is 2. The Kier molecular flexibility index (Phi) is 4.26. The molecule has 7 nitrogen and oxygen atoms in total. The number of aromatic amines is 1. The molecule has 0 spiro atoms. The Bertz CT molecular complexity index is 923. The lowest BCUT2D eigenvalue weighted by atomic mass is 10.2. The molecule has 0 aliphatic rings. The fourth-order valence-electron chi connectivity index (χ4n) is 2.41. The summed E-state index contributed by atoms with van der Waals surface area (Å²) in [6, 6.07) is 7.93. The zero-order valence-electron chi connectivity index (χ0n) is 13.0. The lowest BCUT2D eigenvalue weighted by molar-refractivity contribution is -0.384. The summed E-state index contributed by atoms with van der Waals surface area (Å²) in [5, 5.41) is 11.3. The van der Waals surface area contributed by atoms with Crippen LogP contribution in [0.5, 0.6) is 11.5 Å². The van der Waals surface area contributed by atoms with Gasteiger partial charge in [-0.15, -0.1) is 0 Å². The molecular weight excluding hydrogens is 334 g/mol. The molecule has 0 fully saturated rings. The smallest absolute Gasteiger partial charge is 0.271 e. The normalized spacial score (nSPS) is 10.8. The van der Waals surface area contributed by atoms with E-state index in [2.05, 4.69) is 9.97 Å². The lowest BCUT2D eigenvalue weighted by Crippen LogP contribution is -1.97. The molecule has 1 heterocycles. The summed E-state index contributed by atoms with van der Waals surface area (Å²) in [4.78, 5) is 17.9. The maximum absolute atomic E-state index is 10.9. The van der Waals surface area contributed by atoms with Crippen LogP contribution in [-0.2, 0) is 0 Å². The minimum Gasteiger partial charge on any atom is -0.491 e. The Balaban J connectivity index is 2.11. The molecule has 2 aromatic carbocycles. The van der Waals surface area contributed by atoms with E-state index in [4.69, 9.17) is 21.1 Å². The standard InChI is InChI=1S/C16H14ClN3O4/c1-3-24-14-7-9(6-11(17)15(14)23-2)16-18-12-5-4-10(20(21)22)8-13(12)19-16/h4-8H,3H2,1-2H3,(H,18,19). The minimum atomic E-state index is -0.447. The van der Waals surface area contributed by atoms with Crippen molar-refractivity contribution in [2.24, 2.45) is 0 Å². The number of nitrogens with zero attached hydrogens (tertiary/aromatic N) is 2. The highest BCUT2D eigenvalue weighted by molar-refractivity contribution is 6.32. The Labute approximate surface area is 142 Å². The van der Waals surface area contributed by atoms with Crippen molar-refractivity contribution in [3.8, 4) is 22.9 Å². The highest BCUT2D eigenvalue weighted by Crippen LogP contribution is 2.39. The fraction of sp³-hybridized carbons (Fsp3) is 0.188. The van der Waals surface area contributed by atoms with Gasteiger partial charge in [-0.3, -0.25) is 10.1 Å². The first-order valence-corrected chi connectivity index (χ1v) is 7.56. The zero-order chi connectivity index (χ0) is 17.3. The number of halogens is 1. The van der Waals surface area contributed by atoms with Gasteiger partial charge in [0.25, 0.3) is 5.69 Å². The number of non-ortho nitro benzene ring substituents is 1. The van der Waals surface area contributed by atoms with Gasteiger partial charge in [0.05, 0.1) is 34.7 Å². The van der Waals surface area contributed by atoms with E-state index in [0.717, 1.165) is 0 Å². The molecule has 0 amide bonds. The number of fused-ring (bicyclic) bond motifs is 1. The van der Waals surface area contributed by atoms with E-state index < -0.39 is 4.92 Å². The van der Waals surface area contributed by atoms with Crippen molar-refractivity contribution in [3.63, 3.8) is 0 Å². The second kappa shape index (κ2) is 6.37. The van der Waals surface area contributed by atoms with Crippen molar-refractivity contribution in [1.29, 1.82) is 0 Å². The van der Waals surface area contributed by atoms with Gasteiger partial charge < -0.3 is 14.5 Å². The summed E-state index contributed by atoms with van der Waals surface area (Å²) < 4.78 is 10.8. The van der Waals surface area contributed by atoms with Gasteiger partial charge in [-0.25, -0.2) is 4.98 Å². The number of benzene rings is 2. The first-order valence-electron chi connectivity index (χ1n) is 7.18. The highest BCUT2D eigenvalue weighted by atomic mass is 35.5. The highest BCUT2D eigenvalue weighted by Gasteiger charge is 2.15. The maximum atomic E-state index is 10.9. The number of hydrogen-bond donors (Lipinski definition) is 1. The quantitative estimate of drug-likeness (QED) is 0.551. The largest absolute Gasteiger partial charge is 0.491 e. The van der Waals surface area contributed by atoms with E-state index in [0.29, 0.717) is 45.5 Å². The number of nitro groups is 1. The summed E-state index contributed by atoms with van der Waals surface area (Å²) >= 11 is 6.25. The number of imidazole rings is 1. The number of methoxy groups -OCH3 is 1. The Morgan fingerprint density at radius 3 is 2.79 bits per heavy atom. The van der Waals surface area contributed by atoms with E-state index in [9.17, 15) is 10.1 Å². The fourth-order valence-corrected chi connectivity index (χ4v) is 2.70. The first kappa shape index (κ1) is 16.1. The van der Waals surface area contributed by atoms with Crippen molar-refractivity contribution in [1.82, 2.24) is 9.97 Å². The molecule has 3 aromatic rings. The van der Waals surface area contributed by atoms with Gasteiger partial charge in [-0.05, 0) is 25.1 Å². The molecule has 0 aliphatic heterocycles. The zero-order valence-corrected chi connectivity index (χ0v) is 13.8. The number of rotatable bonds is 5. The molecule has 0 aliphatic carbocycles. The molecule has 24 heavy (non-hydrogen) atoms. The average molecular weight is 348 g/mol. The van der Waals surface area contributed by atoms with Crippen molar-refractivity contribution in [3.05, 3.63) is 45.5 Å². The molecule has 1 N–H and O–H groups in total. The van der Waals surface area contributed by atoms with Gasteiger partial charge in [0.15, 0.2) is 11.5 Å². The van der Waals surface area contributed by atoms with E-state index in [1.165, 1.54) is 19.2 Å². The summed E-state index contributed by atoms with van der Waals surface area (Å²) in [7, 11) is 1.52. The van der Waals surface area contributed by atoms with E-state index >= 15 is 0 Å². The molecule has 1 aromatic heterocycles. The summed E-state index contributed by atoms with van der Waals surface area (Å²) in [5.74, 6) is 1.50. The summed E-state index contributed by atoms with van der Waals surface area (Å²) in [5.41, 5.74) is 1.90. The molecule has 0 atom stereocenters. The van der Waals surface area contributed by atoms with Gasteiger partial charge >= 0.3 is 0 Å². The molecule has 3 rings (SSSR count). The molecular formula is C16H14ClN3O4. The predicted molar refractivity (Wildman–Crippen MR) is 90.9 cm³/mol. The molecule has 0 radical (unpaired) electrons. The number of hydrogen-bond acceptors (Lipinski definition) is 5. The van der Waals surface area contributed by atoms with Crippen LogP contribution in [0.4, 0.5) is 5.69 Å². The van der Waals surface area contributed by atoms with Crippen LogP contribution in [0.15, 0.2) is 30.3 Å². The van der Waals surface area contributed by atoms with Crippen LogP contribution in [0, 0.1) is 10.1 Å². The second-order valence-electron chi connectivity index (χ2n) is 4.97. The molecule has 0 saturated carbocycles. The molecule has 0 saturated heterocycles. The number of H-pyrrole nitrogens is 1. The number of aromatic nitrogens is 2. The summed E-state index contributed by atoms with van der Waals surface area (Å²) in [6.45, 7) is 2.32. The number of nitrogens with one attached hydrogen (secondary N) is 1. The van der Waals surface area contributed by atoms with E-state index in [1.54, 1.807) is 18.2 Å². The monoisotopic (exact) mass is 347 g/mol. The molecule has 124 valence electrons. The Hall–Kier alpha value is -2.80.